The first kappa shape index (κ1) is 26.9. The van der Waals surface area contributed by atoms with Crippen LogP contribution in [0.15, 0.2) is 22.7 Å². The molecule has 192 valence electrons. The summed E-state index contributed by atoms with van der Waals surface area (Å²) in [6.07, 6.45) is 1.43. The summed E-state index contributed by atoms with van der Waals surface area (Å²) in [7, 11) is 0. The highest BCUT2D eigenvalue weighted by Gasteiger charge is 2.27. The number of aryl methyl sites for hydroxylation is 1. The van der Waals surface area contributed by atoms with Gasteiger partial charge in [-0.05, 0) is 19.1 Å². The lowest BCUT2D eigenvalue weighted by atomic mass is 10.2. The second-order valence-electron chi connectivity index (χ2n) is 7.53. The second kappa shape index (κ2) is 11.5. The van der Waals surface area contributed by atoms with Crippen LogP contribution in [0.2, 0.25) is 25.1 Å². The number of rotatable bonds is 7. The molecule has 14 heteroatoms. The van der Waals surface area contributed by atoms with E-state index in [4.69, 9.17) is 71.9 Å². The monoisotopic (exact) mass is 594 g/mol. The molecule has 0 aliphatic carbocycles. The normalized spacial score (nSPS) is 13.7. The molecule has 1 aliphatic rings. The number of nitrogens with one attached hydrogen (secondary N) is 1. The van der Waals surface area contributed by atoms with Crippen LogP contribution < -0.4 is 10.1 Å². The highest BCUT2D eigenvalue weighted by molar-refractivity contribution is 6.55. The fourth-order valence-corrected chi connectivity index (χ4v) is 4.70. The molecule has 36 heavy (non-hydrogen) atoms. The average molecular weight is 597 g/mol. The second-order valence-corrected chi connectivity index (χ2v) is 9.42. The summed E-state index contributed by atoms with van der Waals surface area (Å²) < 4.78 is 18.1. The van der Waals surface area contributed by atoms with E-state index < -0.39 is 5.91 Å². The Kier molecular flexibility index (Phi) is 8.59. The number of nitrogens with zero attached hydrogens (tertiary/aromatic N) is 3. The maximum Gasteiger partial charge on any atom is 0.291 e. The van der Waals surface area contributed by atoms with Gasteiger partial charge in [0.25, 0.3) is 11.8 Å². The van der Waals surface area contributed by atoms with Crippen molar-refractivity contribution >= 4 is 75.5 Å². The van der Waals surface area contributed by atoms with Gasteiger partial charge < -0.3 is 24.1 Å². The molecule has 9 nitrogen and oxygen atoms in total. The zero-order valence-electron chi connectivity index (χ0n) is 18.7. The number of hydrogen-bond acceptors (Lipinski definition) is 6. The van der Waals surface area contributed by atoms with Gasteiger partial charge in [-0.1, -0.05) is 58.0 Å². The highest BCUT2D eigenvalue weighted by Crippen LogP contribution is 2.48. The molecule has 0 atom stereocenters. The highest BCUT2D eigenvalue weighted by atomic mass is 35.5. The van der Waals surface area contributed by atoms with Gasteiger partial charge in [-0.2, -0.15) is 5.10 Å². The average Bonchev–Trinajstić information content (AvgIpc) is 3.53. The number of carbonyl (C=O) groups is 2. The van der Waals surface area contributed by atoms with E-state index in [0.29, 0.717) is 38.6 Å². The van der Waals surface area contributed by atoms with Crippen LogP contribution in [0.5, 0.6) is 5.75 Å². The molecular weight excluding hydrogens is 578 g/mol. The standard InChI is InChI=1S/C22H19Cl5N4O5/c1-2-31-19(22(33)30-5-7-34-8-6-30)12(9-28-31)29-21(32)13-4-3-11(36-13)10-35-20-17(26)15(24)14(23)16(25)18(20)27/h3-4,9H,2,5-8,10H2,1H3,(H,29,32). The lowest BCUT2D eigenvalue weighted by Gasteiger charge is -2.27. The molecule has 1 fully saturated rings. The van der Waals surface area contributed by atoms with E-state index in [1.54, 1.807) is 11.0 Å². The number of amides is 2. The summed E-state index contributed by atoms with van der Waals surface area (Å²) in [5.74, 6) is -0.495. The van der Waals surface area contributed by atoms with Crippen molar-refractivity contribution in [2.75, 3.05) is 31.6 Å². The fourth-order valence-electron chi connectivity index (χ4n) is 3.47. The van der Waals surface area contributed by atoms with Crippen molar-refractivity contribution in [2.24, 2.45) is 0 Å². The van der Waals surface area contributed by atoms with Gasteiger partial charge >= 0.3 is 0 Å². The third kappa shape index (κ3) is 5.41. The molecule has 0 unspecified atom stereocenters. The summed E-state index contributed by atoms with van der Waals surface area (Å²) in [6.45, 7) is 4.00. The molecule has 1 aromatic carbocycles. The van der Waals surface area contributed by atoms with Crippen LogP contribution >= 0.6 is 58.0 Å². The topological polar surface area (TPSA) is 98.8 Å². The third-order valence-electron chi connectivity index (χ3n) is 5.30. The summed E-state index contributed by atoms with van der Waals surface area (Å²) in [5.41, 5.74) is 0.556. The van der Waals surface area contributed by atoms with E-state index in [1.165, 1.54) is 16.9 Å². The van der Waals surface area contributed by atoms with Crippen LogP contribution in [0.3, 0.4) is 0 Å². The molecule has 1 N–H and O–H groups in total. The van der Waals surface area contributed by atoms with Gasteiger partial charge in [-0.3, -0.25) is 14.3 Å². The number of carbonyl (C=O) groups excluding carboxylic acids is 2. The van der Waals surface area contributed by atoms with Crippen molar-refractivity contribution in [3.05, 3.63) is 60.7 Å². The number of hydrogen-bond donors (Lipinski definition) is 1. The van der Waals surface area contributed by atoms with Crippen molar-refractivity contribution in [1.82, 2.24) is 14.7 Å². The van der Waals surface area contributed by atoms with Crippen LogP contribution in [0, 0.1) is 0 Å². The predicted molar refractivity (Wildman–Crippen MR) is 137 cm³/mol. The molecule has 3 aromatic rings. The molecule has 0 saturated carbocycles. The van der Waals surface area contributed by atoms with E-state index in [0.717, 1.165) is 0 Å². The summed E-state index contributed by atoms with van der Waals surface area (Å²) >= 11 is 30.4. The van der Waals surface area contributed by atoms with Gasteiger partial charge in [0.1, 0.15) is 28.1 Å². The van der Waals surface area contributed by atoms with Crippen LogP contribution in [0.4, 0.5) is 5.69 Å². The first-order valence-electron chi connectivity index (χ1n) is 10.7. The zero-order valence-corrected chi connectivity index (χ0v) is 22.5. The largest absolute Gasteiger partial charge is 0.482 e. The van der Waals surface area contributed by atoms with Gasteiger partial charge in [0.2, 0.25) is 0 Å². The number of anilines is 1. The minimum Gasteiger partial charge on any atom is -0.482 e. The summed E-state index contributed by atoms with van der Waals surface area (Å²) in [5, 5.41) is 6.91. The molecule has 1 saturated heterocycles. The number of halogens is 5. The molecule has 4 rings (SSSR count). The Balaban J connectivity index is 1.47. The van der Waals surface area contributed by atoms with Gasteiger partial charge in [0.15, 0.2) is 11.5 Å². The summed E-state index contributed by atoms with van der Waals surface area (Å²) in [4.78, 5) is 27.6. The van der Waals surface area contributed by atoms with E-state index in [9.17, 15) is 9.59 Å². The van der Waals surface area contributed by atoms with Crippen molar-refractivity contribution < 1.29 is 23.5 Å². The Labute approximate surface area is 231 Å². The molecule has 2 amide bonds. The van der Waals surface area contributed by atoms with Gasteiger partial charge in [0.05, 0.1) is 40.2 Å². The predicted octanol–water partition coefficient (Wildman–Crippen LogP) is 6.07. The molecule has 0 radical (unpaired) electrons. The Bertz CT molecular complexity index is 1270. The van der Waals surface area contributed by atoms with Crippen LogP contribution in [0.25, 0.3) is 0 Å². The lowest BCUT2D eigenvalue weighted by molar-refractivity contribution is 0.0295. The number of morpholine rings is 1. The molecule has 2 aromatic heterocycles. The van der Waals surface area contributed by atoms with Crippen LogP contribution in [-0.4, -0.2) is 52.8 Å². The SMILES string of the molecule is CCn1ncc(NC(=O)c2ccc(COc3c(Cl)c(Cl)c(Cl)c(Cl)c3Cl)o2)c1C(=O)N1CCOCC1. The molecule has 0 bridgehead atoms. The maximum atomic E-state index is 13.1. The molecule has 3 heterocycles. The molecule has 0 spiro atoms. The lowest BCUT2D eigenvalue weighted by Crippen LogP contribution is -2.41. The molecular formula is C22H19Cl5N4O5. The van der Waals surface area contributed by atoms with Crippen LogP contribution in [-0.2, 0) is 17.9 Å². The quantitative estimate of drug-likeness (QED) is 0.263. The Morgan fingerprint density at radius 3 is 2.31 bits per heavy atom. The number of ether oxygens (including phenoxy) is 2. The van der Waals surface area contributed by atoms with Crippen molar-refractivity contribution in [2.45, 2.75) is 20.1 Å². The number of aromatic nitrogens is 2. The third-order valence-corrected chi connectivity index (χ3v) is 7.54. The van der Waals surface area contributed by atoms with Gasteiger partial charge in [-0.15, -0.1) is 0 Å². The smallest absolute Gasteiger partial charge is 0.291 e. The zero-order chi connectivity index (χ0) is 26.0. The van der Waals surface area contributed by atoms with E-state index in [-0.39, 0.29) is 60.5 Å². The van der Waals surface area contributed by atoms with E-state index in [2.05, 4.69) is 10.4 Å². The first-order chi connectivity index (χ1) is 17.2. The maximum absolute atomic E-state index is 13.1. The van der Waals surface area contributed by atoms with Crippen molar-refractivity contribution in [1.29, 1.82) is 0 Å². The summed E-state index contributed by atoms with van der Waals surface area (Å²) in [6, 6.07) is 3.01. The van der Waals surface area contributed by atoms with Gasteiger partial charge in [0, 0.05) is 19.6 Å². The van der Waals surface area contributed by atoms with E-state index >= 15 is 0 Å². The minimum atomic E-state index is -0.568. The molecule has 1 aliphatic heterocycles. The van der Waals surface area contributed by atoms with Crippen molar-refractivity contribution in [3.63, 3.8) is 0 Å². The first-order valence-corrected chi connectivity index (χ1v) is 12.6. The van der Waals surface area contributed by atoms with E-state index in [1.807, 2.05) is 6.92 Å². The number of furan rings is 1. The number of benzene rings is 1. The Morgan fingerprint density at radius 2 is 1.67 bits per heavy atom. The minimum absolute atomic E-state index is 0.00250. The Hall–Kier alpha value is -2.14. The van der Waals surface area contributed by atoms with Crippen LogP contribution in [0.1, 0.15) is 33.7 Å². The fraction of sp³-hybridized carbons (Fsp3) is 0.318. The van der Waals surface area contributed by atoms with Crippen molar-refractivity contribution in [3.8, 4) is 5.75 Å². The Morgan fingerprint density at radius 1 is 1.03 bits per heavy atom. The van der Waals surface area contributed by atoms with Gasteiger partial charge in [-0.25, -0.2) is 0 Å².